The summed E-state index contributed by atoms with van der Waals surface area (Å²) in [5.41, 5.74) is 9.91. The Hall–Kier alpha value is -3.12. The summed E-state index contributed by atoms with van der Waals surface area (Å²) in [7, 11) is 0. The van der Waals surface area contributed by atoms with Crippen LogP contribution < -0.4 is 0 Å². The molecule has 0 amide bonds. The molecular formula is C38H31AuN2S2. The minimum Gasteiger partial charge on any atom is -0.665 e. The fraction of sp³-hybridized carbons (Fsp3) is 0.184. The van der Waals surface area contributed by atoms with Gasteiger partial charge in [0.25, 0.3) is 0 Å². The Morgan fingerprint density at radius 3 is 2.42 bits per heavy atom. The standard InChI is InChI=1S/C38H31N2S2.Au/c1-37(2,3)27-20-26(34-36-24(16-18-39-34)17-19-41-36)22-29(23-27)42-28-11-8-10-25(21-28)30-12-9-14-32-35(30)40-33-15-7-6-13-31(33)38(32,4)5;/h6-20,23H,1-5H3;/q-3;+3. The first kappa shape index (κ1) is 29.9. The van der Waals surface area contributed by atoms with E-state index in [2.05, 4.69) is 137 Å². The second kappa shape index (κ2) is 11.4. The first-order valence-corrected chi connectivity index (χ1v) is 15.9. The van der Waals surface area contributed by atoms with Crippen LogP contribution in [0.15, 0.2) is 106 Å². The maximum absolute atomic E-state index is 5.16. The normalized spacial score (nSPS) is 13.5. The van der Waals surface area contributed by atoms with Gasteiger partial charge in [-0.05, 0) is 28.3 Å². The number of hydrogen-bond donors (Lipinski definition) is 0. The number of hydrogen-bond acceptors (Lipinski definition) is 3. The molecule has 0 N–H and O–H groups in total. The zero-order valence-electron chi connectivity index (χ0n) is 24.8. The zero-order chi connectivity index (χ0) is 29.1. The molecule has 2 aromatic heterocycles. The number of thiophene rings is 1. The van der Waals surface area contributed by atoms with Crippen molar-refractivity contribution in [3.8, 4) is 22.4 Å². The molecule has 4 aromatic carbocycles. The van der Waals surface area contributed by atoms with Gasteiger partial charge in [-0.1, -0.05) is 98.0 Å². The van der Waals surface area contributed by atoms with Gasteiger partial charge < -0.3 is 10.3 Å². The molecule has 0 saturated heterocycles. The van der Waals surface area contributed by atoms with Crippen LogP contribution in [-0.2, 0) is 33.2 Å². The number of nitrogens with zero attached hydrogens (tertiary/aromatic N) is 2. The molecule has 1 aliphatic rings. The minimum atomic E-state index is -0.131. The molecular weight excluding hydrogens is 746 g/mol. The molecule has 0 aliphatic carbocycles. The predicted octanol–water partition coefficient (Wildman–Crippen LogP) is 11.7. The van der Waals surface area contributed by atoms with Gasteiger partial charge in [0.2, 0.25) is 0 Å². The van der Waals surface area contributed by atoms with E-state index in [1.807, 2.05) is 6.20 Å². The van der Waals surface area contributed by atoms with E-state index in [0.717, 1.165) is 43.6 Å². The van der Waals surface area contributed by atoms with Gasteiger partial charge >= 0.3 is 22.4 Å². The number of pyridine rings is 1. The number of benzene rings is 4. The van der Waals surface area contributed by atoms with Gasteiger partial charge in [0.1, 0.15) is 0 Å². The predicted molar refractivity (Wildman–Crippen MR) is 179 cm³/mol. The molecule has 216 valence electrons. The third-order valence-electron chi connectivity index (χ3n) is 8.13. The van der Waals surface area contributed by atoms with E-state index < -0.39 is 0 Å². The van der Waals surface area contributed by atoms with E-state index in [4.69, 9.17) is 10.3 Å². The Morgan fingerprint density at radius 1 is 0.814 bits per heavy atom. The summed E-state index contributed by atoms with van der Waals surface area (Å²) in [6, 6.07) is 37.6. The van der Waals surface area contributed by atoms with Gasteiger partial charge in [0, 0.05) is 22.0 Å². The van der Waals surface area contributed by atoms with Crippen LogP contribution in [0.25, 0.3) is 37.8 Å². The molecule has 0 radical (unpaired) electrons. The van der Waals surface area contributed by atoms with Crippen molar-refractivity contribution in [3.05, 3.63) is 131 Å². The molecule has 5 heteroatoms. The van der Waals surface area contributed by atoms with Crippen LogP contribution in [0.2, 0.25) is 0 Å². The Balaban J connectivity index is 0.00000329. The van der Waals surface area contributed by atoms with E-state index in [0.29, 0.717) is 0 Å². The molecule has 0 bridgehead atoms. The van der Waals surface area contributed by atoms with Crippen molar-refractivity contribution in [2.75, 3.05) is 0 Å². The smallest absolute Gasteiger partial charge is 0.665 e. The van der Waals surface area contributed by atoms with Gasteiger partial charge in [-0.15, -0.1) is 82.2 Å². The molecule has 43 heavy (non-hydrogen) atoms. The fourth-order valence-corrected chi connectivity index (χ4v) is 7.57. The average molecular weight is 777 g/mol. The number of para-hydroxylation sites is 2. The molecule has 1 aliphatic heterocycles. The Labute approximate surface area is 278 Å². The fourth-order valence-electron chi connectivity index (χ4n) is 5.78. The van der Waals surface area contributed by atoms with Crippen molar-refractivity contribution < 1.29 is 22.4 Å². The second-order valence-electron chi connectivity index (χ2n) is 12.4. The van der Waals surface area contributed by atoms with Crippen LogP contribution in [0.4, 0.5) is 11.4 Å². The van der Waals surface area contributed by atoms with Crippen LogP contribution in [0.1, 0.15) is 51.3 Å². The first-order valence-electron chi connectivity index (χ1n) is 14.2. The summed E-state index contributed by atoms with van der Waals surface area (Å²) >= 11 is 3.44. The van der Waals surface area contributed by atoms with Crippen LogP contribution >= 0.6 is 23.1 Å². The van der Waals surface area contributed by atoms with E-state index >= 15 is 0 Å². The summed E-state index contributed by atoms with van der Waals surface area (Å²) in [5.74, 6) is 0. The van der Waals surface area contributed by atoms with Crippen molar-refractivity contribution >= 4 is 44.6 Å². The molecule has 3 heterocycles. The second-order valence-corrected chi connectivity index (χ2v) is 14.4. The van der Waals surface area contributed by atoms with Crippen molar-refractivity contribution in [3.63, 3.8) is 0 Å². The third kappa shape index (κ3) is 5.52. The van der Waals surface area contributed by atoms with Crippen molar-refractivity contribution in [2.45, 2.75) is 55.2 Å². The van der Waals surface area contributed by atoms with E-state index in [1.165, 1.54) is 26.8 Å². The summed E-state index contributed by atoms with van der Waals surface area (Å²) in [6.07, 6.45) is 1.90. The Morgan fingerprint density at radius 2 is 1.58 bits per heavy atom. The van der Waals surface area contributed by atoms with Crippen LogP contribution in [-0.4, -0.2) is 4.98 Å². The van der Waals surface area contributed by atoms with Crippen molar-refractivity contribution in [1.29, 1.82) is 0 Å². The average Bonchev–Trinajstić information content (AvgIpc) is 3.46. The molecule has 7 rings (SSSR count). The van der Waals surface area contributed by atoms with Crippen molar-refractivity contribution in [2.24, 2.45) is 0 Å². The van der Waals surface area contributed by atoms with Gasteiger partial charge in [0.15, 0.2) is 0 Å². The molecule has 6 aromatic rings. The summed E-state index contributed by atoms with van der Waals surface area (Å²) < 4.78 is 1.20. The van der Waals surface area contributed by atoms with Gasteiger partial charge in [-0.3, -0.25) is 0 Å². The summed E-state index contributed by atoms with van der Waals surface area (Å²) in [5, 5.41) is 8.51. The maximum Gasteiger partial charge on any atom is 3.00 e. The first-order chi connectivity index (χ1) is 20.2. The molecule has 0 unspecified atom stereocenters. The Bertz CT molecular complexity index is 1970. The SMILES string of the molecule is CC(C)(C)c1cc(Sc2[c-]c(-c3cccc4c3[N-]c3ccccc3C4(C)C)ccc2)[c-]c(-c2nccc3ccsc23)c1.[Au+3]. The number of aromatic nitrogens is 1. The van der Waals surface area contributed by atoms with Gasteiger partial charge in [0.05, 0.1) is 0 Å². The quantitative estimate of drug-likeness (QED) is 0.132. The molecule has 0 fully saturated rings. The van der Waals surface area contributed by atoms with Crippen LogP contribution in [0, 0.1) is 12.1 Å². The van der Waals surface area contributed by atoms with E-state index in [-0.39, 0.29) is 33.2 Å². The molecule has 2 nitrogen and oxygen atoms in total. The largest absolute Gasteiger partial charge is 3.00 e. The van der Waals surface area contributed by atoms with E-state index in [1.54, 1.807) is 23.1 Å². The molecule has 0 spiro atoms. The van der Waals surface area contributed by atoms with Crippen molar-refractivity contribution in [1.82, 2.24) is 4.98 Å². The number of rotatable bonds is 4. The Kier molecular flexibility index (Phi) is 7.95. The van der Waals surface area contributed by atoms with Crippen LogP contribution in [0.5, 0.6) is 0 Å². The minimum absolute atomic E-state index is 0. The summed E-state index contributed by atoms with van der Waals surface area (Å²) in [4.78, 5) is 6.91. The van der Waals surface area contributed by atoms with Gasteiger partial charge in [-0.25, -0.2) is 0 Å². The third-order valence-corrected chi connectivity index (χ3v) is 9.97. The topological polar surface area (TPSA) is 27.0 Å². The van der Waals surface area contributed by atoms with Gasteiger partial charge in [-0.2, -0.15) is 17.0 Å². The molecule has 0 saturated carbocycles. The van der Waals surface area contributed by atoms with E-state index in [9.17, 15) is 0 Å². The monoisotopic (exact) mass is 776 g/mol. The number of fused-ring (bicyclic) bond motifs is 3. The molecule has 0 atom stereocenters. The summed E-state index contributed by atoms with van der Waals surface area (Å²) in [6.45, 7) is 11.4. The maximum atomic E-state index is 5.16. The zero-order valence-corrected chi connectivity index (χ0v) is 28.5. The van der Waals surface area contributed by atoms with Crippen LogP contribution in [0.3, 0.4) is 0 Å².